The Morgan fingerprint density at radius 2 is 1.81 bits per heavy atom. The highest BCUT2D eigenvalue weighted by Gasteiger charge is 2.43. The SMILES string of the molecule is CN(C)CC(Cl)=C1CCN(c2cc3c(cc2F)c(=O)c(C(=O)OC(=O)C(F)(F)F)cn3C2CC2)CC1. The minimum absolute atomic E-state index is 0.114. The van der Waals surface area contributed by atoms with Gasteiger partial charge in [-0.05, 0) is 51.9 Å². The van der Waals surface area contributed by atoms with Crippen LogP contribution in [0.3, 0.4) is 0 Å². The summed E-state index contributed by atoms with van der Waals surface area (Å²) in [5, 5.41) is 0.591. The summed E-state index contributed by atoms with van der Waals surface area (Å²) in [7, 11) is 3.84. The van der Waals surface area contributed by atoms with Gasteiger partial charge in [0.15, 0.2) is 0 Å². The van der Waals surface area contributed by atoms with E-state index in [2.05, 4.69) is 4.74 Å². The Hall–Kier alpha value is -2.92. The minimum atomic E-state index is -5.40. The van der Waals surface area contributed by atoms with Crippen molar-refractivity contribution in [1.82, 2.24) is 9.47 Å². The van der Waals surface area contributed by atoms with Crippen LogP contribution < -0.4 is 10.3 Å². The predicted molar refractivity (Wildman–Crippen MR) is 126 cm³/mol. The Labute approximate surface area is 208 Å². The molecule has 7 nitrogen and oxygen atoms in total. The first kappa shape index (κ1) is 26.2. The number of pyridine rings is 1. The number of fused-ring (bicyclic) bond motifs is 1. The number of benzene rings is 1. The Balaban J connectivity index is 1.68. The molecule has 2 aliphatic rings. The van der Waals surface area contributed by atoms with Gasteiger partial charge < -0.3 is 19.1 Å². The third kappa shape index (κ3) is 5.41. The van der Waals surface area contributed by atoms with Gasteiger partial charge in [0.25, 0.3) is 0 Å². The summed E-state index contributed by atoms with van der Waals surface area (Å²) in [5.74, 6) is -5.16. The molecule has 0 N–H and O–H groups in total. The molecule has 36 heavy (non-hydrogen) atoms. The quantitative estimate of drug-likeness (QED) is 0.325. The molecule has 0 atom stereocenters. The van der Waals surface area contributed by atoms with Crippen molar-refractivity contribution in [3.8, 4) is 0 Å². The number of rotatable bonds is 5. The lowest BCUT2D eigenvalue weighted by atomic mass is 10.0. The number of carbonyl (C=O) groups is 2. The molecule has 1 aromatic heterocycles. The van der Waals surface area contributed by atoms with Crippen molar-refractivity contribution in [3.05, 3.63) is 50.5 Å². The van der Waals surface area contributed by atoms with Crippen LogP contribution in [0.4, 0.5) is 23.2 Å². The Morgan fingerprint density at radius 3 is 2.36 bits per heavy atom. The summed E-state index contributed by atoms with van der Waals surface area (Å²) in [6.45, 7) is 1.65. The van der Waals surface area contributed by atoms with Gasteiger partial charge in [0.1, 0.15) is 11.4 Å². The average Bonchev–Trinajstić information content (AvgIpc) is 3.63. The van der Waals surface area contributed by atoms with Gasteiger partial charge in [-0.2, -0.15) is 13.2 Å². The van der Waals surface area contributed by atoms with E-state index in [0.29, 0.717) is 50.8 Å². The number of ether oxygens (including phenoxy) is 1. The second-order valence-corrected chi connectivity index (χ2v) is 9.70. The van der Waals surface area contributed by atoms with Crippen molar-refractivity contribution in [2.45, 2.75) is 37.9 Å². The molecule has 1 saturated heterocycles. The third-order valence-electron chi connectivity index (χ3n) is 6.22. The molecular formula is C24H24ClF4N3O4. The van der Waals surface area contributed by atoms with E-state index in [0.717, 1.165) is 22.9 Å². The smallest absolute Gasteiger partial charge is 0.382 e. The summed E-state index contributed by atoms with van der Waals surface area (Å²) < 4.78 is 58.2. The number of hydrogen-bond donors (Lipinski definition) is 0. The van der Waals surface area contributed by atoms with Gasteiger partial charge in [0, 0.05) is 42.3 Å². The summed E-state index contributed by atoms with van der Waals surface area (Å²) in [5.41, 5.74) is -0.0328. The topological polar surface area (TPSA) is 71.9 Å². The lowest BCUT2D eigenvalue weighted by Crippen LogP contribution is -2.32. The van der Waals surface area contributed by atoms with E-state index in [1.54, 1.807) is 4.57 Å². The van der Waals surface area contributed by atoms with Gasteiger partial charge in [0.05, 0.1) is 11.2 Å². The minimum Gasteiger partial charge on any atom is -0.382 e. The van der Waals surface area contributed by atoms with Gasteiger partial charge in [-0.3, -0.25) is 4.79 Å². The van der Waals surface area contributed by atoms with Crippen LogP contribution in [0.2, 0.25) is 0 Å². The standard InChI is InChI=1S/C24H24ClF4N3O4/c1-30(2)12-17(25)13-5-7-31(8-6-13)20-10-19-15(9-18(20)26)21(33)16(11-32(19)14-3-4-14)22(34)36-23(35)24(27,28)29/h9-11,14H,3-8,12H2,1-2H3. The summed E-state index contributed by atoms with van der Waals surface area (Å²) in [4.78, 5) is 40.1. The van der Waals surface area contributed by atoms with E-state index in [-0.39, 0.29) is 17.1 Å². The van der Waals surface area contributed by atoms with Crippen LogP contribution in [-0.4, -0.2) is 61.3 Å². The number of anilines is 1. The third-order valence-corrected chi connectivity index (χ3v) is 6.61. The number of likely N-dealkylation sites (N-methyl/N-ethyl adjacent to an activating group) is 1. The van der Waals surface area contributed by atoms with Crippen LogP contribution in [0.1, 0.15) is 42.1 Å². The van der Waals surface area contributed by atoms with Crippen molar-refractivity contribution in [2.75, 3.05) is 38.6 Å². The zero-order chi connectivity index (χ0) is 26.4. The van der Waals surface area contributed by atoms with E-state index in [1.807, 2.05) is 23.9 Å². The fourth-order valence-electron chi connectivity index (χ4n) is 4.28. The van der Waals surface area contributed by atoms with Crippen LogP contribution in [0.25, 0.3) is 10.9 Å². The molecule has 0 spiro atoms. The van der Waals surface area contributed by atoms with Crippen molar-refractivity contribution in [1.29, 1.82) is 0 Å². The highest BCUT2D eigenvalue weighted by atomic mass is 35.5. The lowest BCUT2D eigenvalue weighted by molar-refractivity contribution is -0.193. The molecule has 2 aromatic rings. The molecule has 2 heterocycles. The second-order valence-electron chi connectivity index (χ2n) is 9.24. The molecule has 0 amide bonds. The fourth-order valence-corrected chi connectivity index (χ4v) is 4.70. The largest absolute Gasteiger partial charge is 0.491 e. The molecule has 2 fully saturated rings. The molecule has 1 saturated carbocycles. The van der Waals surface area contributed by atoms with Crippen LogP contribution >= 0.6 is 11.6 Å². The van der Waals surface area contributed by atoms with Crippen LogP contribution in [-0.2, 0) is 9.53 Å². The summed E-state index contributed by atoms with van der Waals surface area (Å²) in [6, 6.07) is 2.40. The summed E-state index contributed by atoms with van der Waals surface area (Å²) >= 11 is 6.42. The molecule has 0 radical (unpaired) electrons. The van der Waals surface area contributed by atoms with Crippen molar-refractivity contribution < 1.29 is 31.9 Å². The predicted octanol–water partition coefficient (Wildman–Crippen LogP) is 4.38. The molecule has 4 rings (SSSR count). The van der Waals surface area contributed by atoms with E-state index >= 15 is 4.39 Å². The molecule has 194 valence electrons. The number of alkyl halides is 3. The molecule has 12 heteroatoms. The van der Waals surface area contributed by atoms with E-state index in [4.69, 9.17) is 11.6 Å². The van der Waals surface area contributed by atoms with Gasteiger partial charge in [-0.15, -0.1) is 0 Å². The molecule has 0 bridgehead atoms. The highest BCUT2D eigenvalue weighted by molar-refractivity contribution is 6.30. The molecule has 1 aliphatic heterocycles. The number of esters is 2. The van der Waals surface area contributed by atoms with E-state index in [1.165, 1.54) is 6.07 Å². The molecule has 1 aromatic carbocycles. The monoisotopic (exact) mass is 529 g/mol. The number of piperidine rings is 1. The van der Waals surface area contributed by atoms with E-state index in [9.17, 15) is 27.6 Å². The maximum Gasteiger partial charge on any atom is 0.491 e. The number of hydrogen-bond acceptors (Lipinski definition) is 6. The number of nitrogens with zero attached hydrogens (tertiary/aromatic N) is 3. The number of halogens is 5. The Morgan fingerprint density at radius 1 is 1.17 bits per heavy atom. The average molecular weight is 530 g/mol. The molecule has 0 unspecified atom stereocenters. The van der Waals surface area contributed by atoms with E-state index < -0.39 is 34.9 Å². The van der Waals surface area contributed by atoms with Gasteiger partial charge in [-0.25, -0.2) is 14.0 Å². The summed E-state index contributed by atoms with van der Waals surface area (Å²) in [6.07, 6.45) is -1.59. The van der Waals surface area contributed by atoms with Gasteiger partial charge in [0.2, 0.25) is 5.43 Å². The van der Waals surface area contributed by atoms with Gasteiger partial charge >= 0.3 is 18.1 Å². The Kier molecular flexibility index (Phi) is 7.16. The first-order valence-electron chi connectivity index (χ1n) is 11.3. The van der Waals surface area contributed by atoms with Crippen molar-refractivity contribution in [2.24, 2.45) is 0 Å². The normalized spacial score (nSPS) is 16.6. The van der Waals surface area contributed by atoms with Crippen molar-refractivity contribution in [3.63, 3.8) is 0 Å². The van der Waals surface area contributed by atoms with Crippen LogP contribution in [0.15, 0.2) is 33.7 Å². The highest BCUT2D eigenvalue weighted by Crippen LogP contribution is 2.38. The zero-order valence-corrected chi connectivity index (χ0v) is 20.4. The lowest BCUT2D eigenvalue weighted by Gasteiger charge is -2.32. The fraction of sp³-hybridized carbons (Fsp3) is 0.458. The van der Waals surface area contributed by atoms with Gasteiger partial charge in [-0.1, -0.05) is 17.2 Å². The number of carbonyl (C=O) groups excluding carboxylic acids is 2. The molecular weight excluding hydrogens is 506 g/mol. The second kappa shape index (κ2) is 9.85. The van der Waals surface area contributed by atoms with Crippen LogP contribution in [0, 0.1) is 5.82 Å². The van der Waals surface area contributed by atoms with Crippen LogP contribution in [0.5, 0.6) is 0 Å². The maximum atomic E-state index is 15.2. The Bertz CT molecular complexity index is 1310. The molecule has 1 aliphatic carbocycles. The first-order valence-corrected chi connectivity index (χ1v) is 11.7. The van der Waals surface area contributed by atoms with Crippen molar-refractivity contribution >= 4 is 40.1 Å². The maximum absolute atomic E-state index is 15.2. The number of aromatic nitrogens is 1. The zero-order valence-electron chi connectivity index (χ0n) is 19.6. The first-order chi connectivity index (χ1) is 16.9.